The predicted octanol–water partition coefficient (Wildman–Crippen LogP) is 3.64. The van der Waals surface area contributed by atoms with E-state index in [1.807, 2.05) is 13.0 Å². The molecular formula is C16H17ClFNO2. The van der Waals surface area contributed by atoms with E-state index in [-0.39, 0.29) is 18.9 Å². The van der Waals surface area contributed by atoms with Crippen LogP contribution in [0.4, 0.5) is 10.1 Å². The van der Waals surface area contributed by atoms with Crippen molar-refractivity contribution in [3.05, 3.63) is 58.9 Å². The van der Waals surface area contributed by atoms with Crippen LogP contribution in [-0.2, 0) is 0 Å². The van der Waals surface area contributed by atoms with Gasteiger partial charge in [-0.2, -0.15) is 0 Å². The van der Waals surface area contributed by atoms with Crippen LogP contribution >= 0.6 is 11.6 Å². The Morgan fingerprint density at radius 1 is 1.29 bits per heavy atom. The molecule has 112 valence electrons. The molecule has 2 N–H and O–H groups in total. The van der Waals surface area contributed by atoms with Gasteiger partial charge in [0.25, 0.3) is 0 Å². The average Bonchev–Trinajstić information content (AvgIpc) is 2.47. The maximum absolute atomic E-state index is 13.4. The molecule has 2 aromatic rings. The summed E-state index contributed by atoms with van der Waals surface area (Å²) < 4.78 is 18.6. The Kier molecular flexibility index (Phi) is 5.42. The lowest BCUT2D eigenvalue weighted by Crippen LogP contribution is -2.26. The zero-order valence-corrected chi connectivity index (χ0v) is 12.4. The Morgan fingerprint density at radius 2 is 2.05 bits per heavy atom. The van der Waals surface area contributed by atoms with Crippen molar-refractivity contribution in [1.29, 1.82) is 0 Å². The van der Waals surface area contributed by atoms with Gasteiger partial charge in [-0.1, -0.05) is 29.8 Å². The highest BCUT2D eigenvalue weighted by molar-refractivity contribution is 6.30. The molecule has 0 bridgehead atoms. The molecular weight excluding hydrogens is 293 g/mol. The summed E-state index contributed by atoms with van der Waals surface area (Å²) in [6, 6.07) is 11.6. The van der Waals surface area contributed by atoms with E-state index >= 15 is 0 Å². The van der Waals surface area contributed by atoms with Crippen LogP contribution in [0.2, 0.25) is 5.02 Å². The van der Waals surface area contributed by atoms with Gasteiger partial charge in [0.05, 0.1) is 0 Å². The van der Waals surface area contributed by atoms with Crippen molar-refractivity contribution in [3.63, 3.8) is 0 Å². The topological polar surface area (TPSA) is 41.5 Å². The van der Waals surface area contributed by atoms with Crippen LogP contribution in [0.3, 0.4) is 0 Å². The van der Waals surface area contributed by atoms with Gasteiger partial charge in [-0.15, -0.1) is 0 Å². The lowest BCUT2D eigenvalue weighted by Gasteiger charge is -2.15. The van der Waals surface area contributed by atoms with Gasteiger partial charge in [0, 0.05) is 17.3 Å². The maximum Gasteiger partial charge on any atom is 0.165 e. The number of anilines is 1. The quantitative estimate of drug-likeness (QED) is 0.856. The van der Waals surface area contributed by atoms with Crippen LogP contribution in [0.5, 0.6) is 5.75 Å². The highest BCUT2D eigenvalue weighted by atomic mass is 35.5. The second kappa shape index (κ2) is 7.29. The molecule has 0 amide bonds. The molecule has 0 saturated carbocycles. The number of aryl methyl sites for hydroxylation is 1. The molecule has 2 aromatic carbocycles. The molecule has 2 rings (SSSR count). The van der Waals surface area contributed by atoms with Crippen LogP contribution in [0.15, 0.2) is 42.5 Å². The Labute approximate surface area is 128 Å². The predicted molar refractivity (Wildman–Crippen MR) is 82.6 cm³/mol. The molecule has 1 unspecified atom stereocenters. The average molecular weight is 310 g/mol. The normalized spacial score (nSPS) is 12.0. The number of benzene rings is 2. The molecule has 3 nitrogen and oxygen atoms in total. The number of aliphatic hydroxyl groups excluding tert-OH is 1. The van der Waals surface area contributed by atoms with Crippen molar-refractivity contribution in [2.75, 3.05) is 18.5 Å². The number of aliphatic hydroxyl groups is 1. The molecule has 0 heterocycles. The molecule has 0 aliphatic heterocycles. The van der Waals surface area contributed by atoms with Crippen molar-refractivity contribution < 1.29 is 14.2 Å². The molecule has 21 heavy (non-hydrogen) atoms. The first kappa shape index (κ1) is 15.6. The van der Waals surface area contributed by atoms with E-state index in [0.29, 0.717) is 5.02 Å². The third-order valence-corrected chi connectivity index (χ3v) is 3.23. The Morgan fingerprint density at radius 3 is 2.81 bits per heavy atom. The molecule has 0 aliphatic carbocycles. The van der Waals surface area contributed by atoms with E-state index in [1.165, 1.54) is 12.1 Å². The number of para-hydroxylation sites is 1. The first-order chi connectivity index (χ1) is 10.1. The highest BCUT2D eigenvalue weighted by Crippen LogP contribution is 2.20. The van der Waals surface area contributed by atoms with Crippen molar-refractivity contribution in [1.82, 2.24) is 0 Å². The molecule has 5 heteroatoms. The van der Waals surface area contributed by atoms with Crippen molar-refractivity contribution in [2.45, 2.75) is 13.0 Å². The van der Waals surface area contributed by atoms with E-state index in [9.17, 15) is 9.50 Å². The highest BCUT2D eigenvalue weighted by Gasteiger charge is 2.08. The van der Waals surface area contributed by atoms with Gasteiger partial charge in [-0.05, 0) is 36.8 Å². The molecule has 0 spiro atoms. The van der Waals surface area contributed by atoms with Crippen molar-refractivity contribution in [2.24, 2.45) is 0 Å². The first-order valence-electron chi connectivity index (χ1n) is 6.61. The zero-order valence-electron chi connectivity index (χ0n) is 11.6. The first-order valence-corrected chi connectivity index (χ1v) is 6.99. The summed E-state index contributed by atoms with van der Waals surface area (Å²) in [5.41, 5.74) is 1.88. The summed E-state index contributed by atoms with van der Waals surface area (Å²) in [5, 5.41) is 13.6. The summed E-state index contributed by atoms with van der Waals surface area (Å²) >= 11 is 5.92. The van der Waals surface area contributed by atoms with Gasteiger partial charge >= 0.3 is 0 Å². The molecule has 1 atom stereocenters. The number of halogens is 2. The van der Waals surface area contributed by atoms with Crippen LogP contribution in [0, 0.1) is 12.7 Å². The minimum atomic E-state index is -0.761. The van der Waals surface area contributed by atoms with Crippen molar-refractivity contribution in [3.8, 4) is 5.75 Å². The Hall–Kier alpha value is -1.78. The smallest absolute Gasteiger partial charge is 0.165 e. The molecule has 0 saturated heterocycles. The second-order valence-corrected chi connectivity index (χ2v) is 5.17. The fourth-order valence-electron chi connectivity index (χ4n) is 1.82. The Balaban J connectivity index is 1.84. The number of hydrogen-bond donors (Lipinski definition) is 2. The maximum atomic E-state index is 13.4. The van der Waals surface area contributed by atoms with Gasteiger partial charge in [0.1, 0.15) is 12.7 Å². The fraction of sp³-hybridized carbons (Fsp3) is 0.250. The van der Waals surface area contributed by atoms with Crippen LogP contribution in [0.25, 0.3) is 0 Å². The standard InChI is InChI=1S/C16H17ClFNO2/c1-11-6-7-12(17)8-15(11)19-9-13(20)10-21-16-5-3-2-4-14(16)18/h2-8,13,19-20H,9-10H2,1H3. The third-order valence-electron chi connectivity index (χ3n) is 3.00. The Bertz CT molecular complexity index is 607. The number of ether oxygens (including phenoxy) is 1. The molecule has 0 aliphatic rings. The third kappa shape index (κ3) is 4.62. The van der Waals surface area contributed by atoms with Crippen LogP contribution in [-0.4, -0.2) is 24.4 Å². The van der Waals surface area contributed by atoms with E-state index < -0.39 is 11.9 Å². The van der Waals surface area contributed by atoms with Crippen LogP contribution in [0.1, 0.15) is 5.56 Å². The van der Waals surface area contributed by atoms with Gasteiger partial charge in [-0.3, -0.25) is 0 Å². The van der Waals surface area contributed by atoms with Crippen molar-refractivity contribution >= 4 is 17.3 Å². The summed E-state index contributed by atoms with van der Waals surface area (Å²) in [5.74, 6) is -0.307. The van der Waals surface area contributed by atoms with Gasteiger partial charge in [0.15, 0.2) is 11.6 Å². The summed E-state index contributed by atoms with van der Waals surface area (Å²) in [6.45, 7) is 2.24. The van der Waals surface area contributed by atoms with E-state index in [1.54, 1.807) is 24.3 Å². The van der Waals surface area contributed by atoms with Gasteiger partial charge in [0.2, 0.25) is 0 Å². The minimum absolute atomic E-state index is 0.00749. The van der Waals surface area contributed by atoms with E-state index in [2.05, 4.69) is 5.32 Å². The number of rotatable bonds is 6. The van der Waals surface area contributed by atoms with E-state index in [0.717, 1.165) is 11.3 Å². The summed E-state index contributed by atoms with van der Waals surface area (Å²) in [6.07, 6.45) is -0.761. The SMILES string of the molecule is Cc1ccc(Cl)cc1NCC(O)COc1ccccc1F. The lowest BCUT2D eigenvalue weighted by molar-refractivity contribution is 0.115. The summed E-state index contributed by atoms with van der Waals surface area (Å²) in [4.78, 5) is 0. The second-order valence-electron chi connectivity index (χ2n) is 4.74. The zero-order chi connectivity index (χ0) is 15.2. The lowest BCUT2D eigenvalue weighted by atomic mass is 10.2. The minimum Gasteiger partial charge on any atom is -0.488 e. The molecule has 0 fully saturated rings. The number of hydrogen-bond acceptors (Lipinski definition) is 3. The molecule has 0 radical (unpaired) electrons. The molecule has 0 aromatic heterocycles. The van der Waals surface area contributed by atoms with E-state index in [4.69, 9.17) is 16.3 Å². The largest absolute Gasteiger partial charge is 0.488 e. The fourth-order valence-corrected chi connectivity index (χ4v) is 1.99. The number of nitrogens with one attached hydrogen (secondary N) is 1. The monoisotopic (exact) mass is 309 g/mol. The van der Waals surface area contributed by atoms with Gasteiger partial charge < -0.3 is 15.2 Å². The summed E-state index contributed by atoms with van der Waals surface area (Å²) in [7, 11) is 0. The van der Waals surface area contributed by atoms with Crippen LogP contribution < -0.4 is 10.1 Å². The van der Waals surface area contributed by atoms with Gasteiger partial charge in [-0.25, -0.2) is 4.39 Å².